The van der Waals surface area contributed by atoms with Gasteiger partial charge in [-0.3, -0.25) is 9.48 Å². The number of nitrogens with one attached hydrogen (secondary N) is 1. The smallest absolute Gasteiger partial charge is 0.326 e. The van der Waals surface area contributed by atoms with Crippen LogP contribution in [0.15, 0.2) is 6.20 Å². The molecular weight excluding hydrogens is 282 g/mol. The van der Waals surface area contributed by atoms with Gasteiger partial charge in [0.25, 0.3) is 5.91 Å². The molecule has 0 bridgehead atoms. The summed E-state index contributed by atoms with van der Waals surface area (Å²) >= 11 is 0. The molecule has 0 aliphatic heterocycles. The van der Waals surface area contributed by atoms with Crippen molar-refractivity contribution in [3.8, 4) is 0 Å². The van der Waals surface area contributed by atoms with Gasteiger partial charge in [-0.2, -0.15) is 5.10 Å². The van der Waals surface area contributed by atoms with Crippen molar-refractivity contribution >= 4 is 11.9 Å². The van der Waals surface area contributed by atoms with Crippen molar-refractivity contribution in [2.75, 3.05) is 0 Å². The van der Waals surface area contributed by atoms with E-state index in [1.165, 1.54) is 0 Å². The number of rotatable bonds is 8. The number of nitrogens with zero attached hydrogens (tertiary/aromatic N) is 2. The van der Waals surface area contributed by atoms with Crippen LogP contribution in [0.2, 0.25) is 0 Å². The second-order valence-electron chi connectivity index (χ2n) is 6.45. The van der Waals surface area contributed by atoms with Crippen molar-refractivity contribution in [2.24, 2.45) is 5.92 Å². The summed E-state index contributed by atoms with van der Waals surface area (Å²) in [7, 11) is 0. The fraction of sp³-hybridized carbons (Fsp3) is 0.688. The van der Waals surface area contributed by atoms with Gasteiger partial charge in [0.15, 0.2) is 0 Å². The van der Waals surface area contributed by atoms with Crippen LogP contribution < -0.4 is 5.32 Å². The van der Waals surface area contributed by atoms with E-state index in [0.717, 1.165) is 25.1 Å². The molecule has 2 N–H and O–H groups in total. The Bertz CT molecular complexity index is 547. The molecule has 122 valence electrons. The van der Waals surface area contributed by atoms with Crippen molar-refractivity contribution in [1.82, 2.24) is 15.1 Å². The SMILES string of the molecule is CCCC(NC(=O)c1cnn(CC(C)C)c1C1CC1)C(=O)O. The second kappa shape index (κ2) is 6.94. The van der Waals surface area contributed by atoms with E-state index in [1.54, 1.807) is 6.20 Å². The number of hydrogen-bond donors (Lipinski definition) is 2. The third kappa shape index (κ3) is 3.87. The normalized spacial score (nSPS) is 15.8. The number of carbonyl (C=O) groups is 2. The fourth-order valence-corrected chi connectivity index (χ4v) is 2.63. The predicted molar refractivity (Wildman–Crippen MR) is 82.8 cm³/mol. The van der Waals surface area contributed by atoms with Gasteiger partial charge in [0.2, 0.25) is 0 Å². The molecule has 1 saturated carbocycles. The van der Waals surface area contributed by atoms with Crippen molar-refractivity contribution < 1.29 is 14.7 Å². The minimum Gasteiger partial charge on any atom is -0.480 e. The number of hydrogen-bond acceptors (Lipinski definition) is 3. The van der Waals surface area contributed by atoms with Crippen LogP contribution in [0.4, 0.5) is 0 Å². The summed E-state index contributed by atoms with van der Waals surface area (Å²) in [5.74, 6) is -0.480. The number of carbonyl (C=O) groups excluding carboxylic acids is 1. The van der Waals surface area contributed by atoms with Gasteiger partial charge in [0.05, 0.1) is 17.5 Å². The predicted octanol–water partition coefficient (Wildman–Crippen LogP) is 2.40. The Morgan fingerprint density at radius 3 is 2.64 bits per heavy atom. The summed E-state index contributed by atoms with van der Waals surface area (Å²) in [5.41, 5.74) is 1.50. The van der Waals surface area contributed by atoms with E-state index in [4.69, 9.17) is 0 Å². The highest BCUT2D eigenvalue weighted by molar-refractivity contribution is 5.97. The Kier molecular flexibility index (Phi) is 5.21. The van der Waals surface area contributed by atoms with E-state index in [0.29, 0.717) is 30.2 Å². The van der Waals surface area contributed by atoms with Crippen LogP contribution in [0, 0.1) is 5.92 Å². The number of carboxylic acids is 1. The molecule has 6 nitrogen and oxygen atoms in total. The minimum absolute atomic E-state index is 0.322. The molecule has 1 aromatic heterocycles. The maximum absolute atomic E-state index is 12.5. The van der Waals surface area contributed by atoms with E-state index in [2.05, 4.69) is 24.3 Å². The summed E-state index contributed by atoms with van der Waals surface area (Å²) in [4.78, 5) is 23.7. The molecule has 0 saturated heterocycles. The molecular formula is C16H25N3O3. The summed E-state index contributed by atoms with van der Waals surface area (Å²) in [6.45, 7) is 6.90. The van der Waals surface area contributed by atoms with E-state index in [-0.39, 0.29) is 5.91 Å². The molecule has 1 aliphatic carbocycles. The molecule has 1 unspecified atom stereocenters. The number of amides is 1. The highest BCUT2D eigenvalue weighted by atomic mass is 16.4. The van der Waals surface area contributed by atoms with Crippen molar-refractivity contribution in [3.05, 3.63) is 17.5 Å². The molecule has 22 heavy (non-hydrogen) atoms. The minimum atomic E-state index is -0.988. The number of aliphatic carboxylic acids is 1. The molecule has 6 heteroatoms. The van der Waals surface area contributed by atoms with Gasteiger partial charge >= 0.3 is 5.97 Å². The van der Waals surface area contributed by atoms with E-state index in [1.807, 2.05) is 11.6 Å². The fourth-order valence-electron chi connectivity index (χ4n) is 2.63. The zero-order valence-electron chi connectivity index (χ0n) is 13.5. The van der Waals surface area contributed by atoms with Gasteiger partial charge < -0.3 is 10.4 Å². The average molecular weight is 307 g/mol. The first-order valence-corrected chi connectivity index (χ1v) is 8.03. The van der Waals surface area contributed by atoms with Crippen LogP contribution in [0.3, 0.4) is 0 Å². The Labute approximate surface area is 130 Å². The van der Waals surface area contributed by atoms with Crippen LogP contribution in [-0.4, -0.2) is 32.8 Å². The van der Waals surface area contributed by atoms with Crippen molar-refractivity contribution in [3.63, 3.8) is 0 Å². The molecule has 1 fully saturated rings. The first-order chi connectivity index (χ1) is 10.4. The lowest BCUT2D eigenvalue weighted by atomic mass is 10.1. The molecule has 0 spiro atoms. The standard InChI is InChI=1S/C16H25N3O3/c1-4-5-13(16(21)22)18-15(20)12-8-17-19(9-10(2)3)14(12)11-6-7-11/h8,10-11,13H,4-7,9H2,1-3H3,(H,18,20)(H,21,22). The van der Waals surface area contributed by atoms with Gasteiger partial charge in [-0.05, 0) is 25.2 Å². The number of carboxylic acid groups (broad SMARTS) is 1. The summed E-state index contributed by atoms with van der Waals surface area (Å²) in [5, 5.41) is 16.2. The second-order valence-corrected chi connectivity index (χ2v) is 6.45. The molecule has 1 amide bonds. The Morgan fingerprint density at radius 1 is 1.45 bits per heavy atom. The third-order valence-corrected chi connectivity index (χ3v) is 3.81. The van der Waals surface area contributed by atoms with Crippen LogP contribution in [-0.2, 0) is 11.3 Å². The van der Waals surface area contributed by atoms with Gasteiger partial charge in [0.1, 0.15) is 6.04 Å². The lowest BCUT2D eigenvalue weighted by Crippen LogP contribution is -2.40. The first kappa shape index (κ1) is 16.5. The molecule has 1 atom stereocenters. The zero-order valence-corrected chi connectivity index (χ0v) is 13.5. The molecule has 0 radical (unpaired) electrons. The maximum Gasteiger partial charge on any atom is 0.326 e. The summed E-state index contributed by atoms with van der Waals surface area (Å²) in [6, 6.07) is -0.835. The van der Waals surface area contributed by atoms with Crippen LogP contribution in [0.5, 0.6) is 0 Å². The molecule has 1 aliphatic rings. The summed E-state index contributed by atoms with van der Waals surface area (Å²) in [6.07, 6.45) is 4.86. The Hall–Kier alpha value is -1.85. The third-order valence-electron chi connectivity index (χ3n) is 3.81. The van der Waals surface area contributed by atoms with E-state index < -0.39 is 12.0 Å². The Balaban J connectivity index is 2.18. The lowest BCUT2D eigenvalue weighted by molar-refractivity contribution is -0.139. The first-order valence-electron chi connectivity index (χ1n) is 8.03. The highest BCUT2D eigenvalue weighted by Crippen LogP contribution is 2.41. The van der Waals surface area contributed by atoms with Crippen molar-refractivity contribution in [1.29, 1.82) is 0 Å². The van der Waals surface area contributed by atoms with Crippen molar-refractivity contribution in [2.45, 2.75) is 65.0 Å². The quantitative estimate of drug-likeness (QED) is 0.772. The molecule has 2 rings (SSSR count). The van der Waals surface area contributed by atoms with Crippen LogP contribution in [0.1, 0.15) is 68.4 Å². The van der Waals surface area contributed by atoms with Gasteiger partial charge in [0, 0.05) is 12.5 Å². The molecule has 1 heterocycles. The van der Waals surface area contributed by atoms with E-state index in [9.17, 15) is 14.7 Å². The van der Waals surface area contributed by atoms with Gasteiger partial charge in [-0.25, -0.2) is 4.79 Å². The largest absolute Gasteiger partial charge is 0.480 e. The highest BCUT2D eigenvalue weighted by Gasteiger charge is 2.33. The van der Waals surface area contributed by atoms with Crippen LogP contribution in [0.25, 0.3) is 0 Å². The average Bonchev–Trinajstić information content (AvgIpc) is 3.19. The van der Waals surface area contributed by atoms with E-state index >= 15 is 0 Å². The maximum atomic E-state index is 12.5. The lowest BCUT2D eigenvalue weighted by Gasteiger charge is -2.14. The van der Waals surface area contributed by atoms with Gasteiger partial charge in [-0.15, -0.1) is 0 Å². The molecule has 0 aromatic carbocycles. The zero-order chi connectivity index (χ0) is 16.3. The molecule has 1 aromatic rings. The topological polar surface area (TPSA) is 84.2 Å². The number of aromatic nitrogens is 2. The summed E-state index contributed by atoms with van der Waals surface area (Å²) < 4.78 is 1.91. The monoisotopic (exact) mass is 307 g/mol. The Morgan fingerprint density at radius 2 is 2.14 bits per heavy atom. The van der Waals surface area contributed by atoms with Crippen LogP contribution >= 0.6 is 0 Å². The van der Waals surface area contributed by atoms with Gasteiger partial charge in [-0.1, -0.05) is 27.2 Å².